The molecule has 0 radical (unpaired) electrons. The number of nitrogens with zero attached hydrogens (tertiary/aromatic N) is 2. The van der Waals surface area contributed by atoms with Crippen molar-refractivity contribution in [1.82, 2.24) is 10.2 Å². The molecule has 3 aromatic rings. The molecule has 0 heterocycles. The average molecular weight is 570 g/mol. The molecule has 0 aliphatic heterocycles. The lowest BCUT2D eigenvalue weighted by atomic mass is 10.1. The average Bonchev–Trinajstić information content (AvgIpc) is 2.89. The minimum atomic E-state index is -4.14. The second-order valence-electron chi connectivity index (χ2n) is 9.81. The molecule has 0 aliphatic carbocycles. The Morgan fingerprint density at radius 3 is 2.21 bits per heavy atom. The molecule has 0 spiro atoms. The van der Waals surface area contributed by atoms with Crippen LogP contribution in [0, 0.1) is 13.8 Å². The van der Waals surface area contributed by atoms with Crippen LogP contribution in [-0.4, -0.2) is 43.8 Å². The fourth-order valence-corrected chi connectivity index (χ4v) is 5.64. The first-order chi connectivity index (χ1) is 18.4. The van der Waals surface area contributed by atoms with Gasteiger partial charge in [0.1, 0.15) is 12.6 Å². The molecule has 0 saturated carbocycles. The predicted molar refractivity (Wildman–Crippen MR) is 156 cm³/mol. The van der Waals surface area contributed by atoms with Crippen molar-refractivity contribution in [1.29, 1.82) is 0 Å². The van der Waals surface area contributed by atoms with Crippen molar-refractivity contribution in [3.05, 3.63) is 94.5 Å². The fourth-order valence-electron chi connectivity index (χ4n) is 4.05. The Morgan fingerprint density at radius 1 is 0.923 bits per heavy atom. The van der Waals surface area contributed by atoms with E-state index in [-0.39, 0.29) is 29.1 Å². The molecule has 0 aliphatic rings. The number of benzene rings is 3. The van der Waals surface area contributed by atoms with Crippen molar-refractivity contribution in [2.24, 2.45) is 0 Å². The van der Waals surface area contributed by atoms with Gasteiger partial charge >= 0.3 is 0 Å². The van der Waals surface area contributed by atoms with Gasteiger partial charge in [-0.05, 0) is 70.0 Å². The SMILES string of the molecule is CC[C@H](C)NC(=O)[C@@H](C)N(Cc1cccc(C)c1)C(=O)CN(c1cccc(Cl)c1)S(=O)(=O)c1ccc(C)cc1. The van der Waals surface area contributed by atoms with E-state index < -0.39 is 28.5 Å². The quantitative estimate of drug-likeness (QED) is 0.331. The summed E-state index contributed by atoms with van der Waals surface area (Å²) < 4.78 is 28.7. The first kappa shape index (κ1) is 30.2. The van der Waals surface area contributed by atoms with Gasteiger partial charge in [0, 0.05) is 17.6 Å². The lowest BCUT2D eigenvalue weighted by Gasteiger charge is -2.32. The normalized spacial score (nSPS) is 12.9. The number of rotatable bonds is 11. The predicted octanol–water partition coefficient (Wildman–Crippen LogP) is 5.48. The number of sulfonamides is 1. The Balaban J connectivity index is 2.03. The van der Waals surface area contributed by atoms with E-state index in [0.717, 1.165) is 27.4 Å². The Hall–Kier alpha value is -3.36. The van der Waals surface area contributed by atoms with Crippen molar-refractivity contribution < 1.29 is 18.0 Å². The molecule has 0 aromatic heterocycles. The fraction of sp³-hybridized carbons (Fsp3) is 0.333. The number of hydrogen-bond donors (Lipinski definition) is 1. The van der Waals surface area contributed by atoms with Gasteiger partial charge in [-0.15, -0.1) is 0 Å². The lowest BCUT2D eigenvalue weighted by Crippen LogP contribution is -2.52. The van der Waals surface area contributed by atoms with E-state index in [1.54, 1.807) is 37.3 Å². The molecule has 9 heteroatoms. The highest BCUT2D eigenvalue weighted by Gasteiger charge is 2.32. The van der Waals surface area contributed by atoms with Crippen LogP contribution in [0.5, 0.6) is 0 Å². The van der Waals surface area contributed by atoms with Crippen LogP contribution in [0.1, 0.15) is 43.9 Å². The smallest absolute Gasteiger partial charge is 0.264 e. The van der Waals surface area contributed by atoms with Crippen molar-refractivity contribution >= 4 is 39.1 Å². The summed E-state index contributed by atoms with van der Waals surface area (Å²) in [5.74, 6) is -0.819. The van der Waals surface area contributed by atoms with E-state index in [1.807, 2.05) is 52.0 Å². The van der Waals surface area contributed by atoms with E-state index >= 15 is 0 Å². The lowest BCUT2D eigenvalue weighted by molar-refractivity contribution is -0.139. The molecule has 3 aromatic carbocycles. The summed E-state index contributed by atoms with van der Waals surface area (Å²) in [5, 5.41) is 3.27. The van der Waals surface area contributed by atoms with Gasteiger partial charge in [0.2, 0.25) is 11.8 Å². The van der Waals surface area contributed by atoms with E-state index in [4.69, 9.17) is 11.6 Å². The zero-order valence-corrected chi connectivity index (χ0v) is 24.6. The minimum Gasteiger partial charge on any atom is -0.352 e. The summed E-state index contributed by atoms with van der Waals surface area (Å²) in [6.45, 7) is 8.96. The third-order valence-corrected chi connectivity index (χ3v) is 8.61. The molecule has 208 valence electrons. The van der Waals surface area contributed by atoms with E-state index in [1.165, 1.54) is 23.1 Å². The van der Waals surface area contributed by atoms with Crippen LogP contribution >= 0.6 is 11.6 Å². The van der Waals surface area contributed by atoms with Crippen LogP contribution in [0.3, 0.4) is 0 Å². The zero-order chi connectivity index (χ0) is 28.7. The van der Waals surface area contributed by atoms with Crippen molar-refractivity contribution in [3.63, 3.8) is 0 Å². The number of nitrogens with one attached hydrogen (secondary N) is 1. The van der Waals surface area contributed by atoms with Gasteiger partial charge in [0.25, 0.3) is 10.0 Å². The molecule has 7 nitrogen and oxygen atoms in total. The largest absolute Gasteiger partial charge is 0.352 e. The zero-order valence-electron chi connectivity index (χ0n) is 23.0. The number of amides is 2. The maximum Gasteiger partial charge on any atom is 0.264 e. The third-order valence-electron chi connectivity index (χ3n) is 6.59. The number of carbonyl (C=O) groups excluding carboxylic acids is 2. The van der Waals surface area contributed by atoms with Crippen molar-refractivity contribution in [2.75, 3.05) is 10.8 Å². The number of hydrogen-bond acceptors (Lipinski definition) is 4. The van der Waals surface area contributed by atoms with Crippen LogP contribution in [-0.2, 0) is 26.2 Å². The molecular formula is C30H36ClN3O4S. The molecule has 0 bridgehead atoms. The molecule has 2 atom stereocenters. The molecule has 39 heavy (non-hydrogen) atoms. The van der Waals surface area contributed by atoms with Crippen LogP contribution in [0.15, 0.2) is 77.7 Å². The van der Waals surface area contributed by atoms with Gasteiger partial charge in [-0.3, -0.25) is 13.9 Å². The molecule has 0 unspecified atom stereocenters. The summed E-state index contributed by atoms with van der Waals surface area (Å²) in [7, 11) is -4.14. The Morgan fingerprint density at radius 2 is 1.59 bits per heavy atom. The molecule has 3 rings (SSSR count). The maximum atomic E-state index is 13.9. The van der Waals surface area contributed by atoms with Crippen molar-refractivity contribution in [2.45, 2.75) is 64.6 Å². The summed E-state index contributed by atoms with van der Waals surface area (Å²) >= 11 is 6.21. The number of aryl methyl sites for hydroxylation is 2. The highest BCUT2D eigenvalue weighted by Crippen LogP contribution is 2.27. The van der Waals surface area contributed by atoms with Gasteiger partial charge in [-0.1, -0.05) is 72.1 Å². The van der Waals surface area contributed by atoms with E-state index in [0.29, 0.717) is 5.02 Å². The Bertz CT molecular complexity index is 1410. The molecule has 0 saturated heterocycles. The first-order valence-electron chi connectivity index (χ1n) is 12.9. The monoisotopic (exact) mass is 569 g/mol. The molecular weight excluding hydrogens is 534 g/mol. The van der Waals surface area contributed by atoms with E-state index in [9.17, 15) is 18.0 Å². The maximum absolute atomic E-state index is 13.9. The highest BCUT2D eigenvalue weighted by atomic mass is 35.5. The summed E-state index contributed by atoms with van der Waals surface area (Å²) in [4.78, 5) is 28.5. The summed E-state index contributed by atoms with van der Waals surface area (Å²) in [6.07, 6.45) is 0.738. The van der Waals surface area contributed by atoms with Gasteiger partial charge in [0.15, 0.2) is 0 Å². The second kappa shape index (κ2) is 13.1. The Kier molecular flexibility index (Phi) is 10.2. The minimum absolute atomic E-state index is 0.0497. The van der Waals surface area contributed by atoms with E-state index in [2.05, 4.69) is 5.32 Å². The van der Waals surface area contributed by atoms with Crippen LogP contribution in [0.25, 0.3) is 0 Å². The number of carbonyl (C=O) groups is 2. The molecule has 0 fully saturated rings. The topological polar surface area (TPSA) is 86.8 Å². The standard InChI is InChI=1S/C30H36ClN3O4S/c1-6-23(4)32-30(36)24(5)33(19-25-10-7-9-22(3)17-25)29(35)20-34(27-12-8-11-26(31)18-27)39(37,38)28-15-13-21(2)14-16-28/h7-18,23-24H,6,19-20H2,1-5H3,(H,32,36)/t23-,24+/m0/s1. The van der Waals surface area contributed by atoms with Gasteiger partial charge < -0.3 is 10.2 Å². The van der Waals surface area contributed by atoms with Crippen LogP contribution < -0.4 is 9.62 Å². The third kappa shape index (κ3) is 7.83. The number of halogens is 1. The van der Waals surface area contributed by atoms with Crippen molar-refractivity contribution in [3.8, 4) is 0 Å². The molecule has 2 amide bonds. The second-order valence-corrected chi connectivity index (χ2v) is 12.1. The van der Waals surface area contributed by atoms with Crippen LogP contribution in [0.2, 0.25) is 5.02 Å². The Labute approximate surface area is 236 Å². The van der Waals surface area contributed by atoms with Gasteiger partial charge in [-0.25, -0.2) is 8.42 Å². The molecule has 1 N–H and O–H groups in total. The summed E-state index contributed by atoms with van der Waals surface area (Å²) in [5.41, 5.74) is 3.01. The first-order valence-corrected chi connectivity index (χ1v) is 14.7. The van der Waals surface area contributed by atoms with Crippen LogP contribution in [0.4, 0.5) is 5.69 Å². The number of anilines is 1. The van der Waals surface area contributed by atoms with Gasteiger partial charge in [0.05, 0.1) is 10.6 Å². The highest BCUT2D eigenvalue weighted by molar-refractivity contribution is 7.92. The van der Waals surface area contributed by atoms with Gasteiger partial charge in [-0.2, -0.15) is 0 Å². The summed E-state index contributed by atoms with van der Waals surface area (Å²) in [6, 6.07) is 19.5.